The molecule has 0 saturated carbocycles. The summed E-state index contributed by atoms with van der Waals surface area (Å²) in [6.07, 6.45) is 1.29. The fourth-order valence-corrected chi connectivity index (χ4v) is 1.76. The number of anilines is 1. The molecular formula is C15H13NO2. The highest BCUT2D eigenvalue weighted by Gasteiger charge is 2.08. The van der Waals surface area contributed by atoms with Gasteiger partial charge in [0.1, 0.15) is 12.6 Å². The van der Waals surface area contributed by atoms with Crippen molar-refractivity contribution in [2.45, 2.75) is 5.92 Å². The minimum absolute atomic E-state index is 0.644. The standard InChI is InChI=1S/C15H13NO2/c16-15-7-5-12(6-8-15)11-1-3-13(4-2-11)14(9-17)10-18/h1-10,14H,16H2. The molecule has 0 aromatic heterocycles. The Balaban J connectivity index is 2.29. The molecule has 3 heteroatoms. The Bertz CT molecular complexity index is 536. The van der Waals surface area contributed by atoms with Crippen LogP contribution in [0.15, 0.2) is 48.5 Å². The van der Waals surface area contributed by atoms with Crippen molar-refractivity contribution in [1.82, 2.24) is 0 Å². The third-order valence-corrected chi connectivity index (χ3v) is 2.83. The first kappa shape index (κ1) is 12.0. The van der Waals surface area contributed by atoms with E-state index in [2.05, 4.69) is 0 Å². The Morgan fingerprint density at radius 1 is 0.778 bits per heavy atom. The molecular weight excluding hydrogens is 226 g/mol. The molecule has 3 nitrogen and oxygen atoms in total. The first-order chi connectivity index (χ1) is 8.74. The molecule has 90 valence electrons. The first-order valence-electron chi connectivity index (χ1n) is 5.61. The molecule has 18 heavy (non-hydrogen) atoms. The van der Waals surface area contributed by atoms with Crippen LogP contribution in [0.3, 0.4) is 0 Å². The summed E-state index contributed by atoms with van der Waals surface area (Å²) in [4.78, 5) is 21.4. The van der Waals surface area contributed by atoms with Crippen LogP contribution in [0.5, 0.6) is 0 Å². The number of nitrogen functional groups attached to an aromatic ring is 1. The molecule has 2 aromatic rings. The lowest BCUT2D eigenvalue weighted by Gasteiger charge is -2.06. The van der Waals surface area contributed by atoms with Crippen LogP contribution >= 0.6 is 0 Å². The van der Waals surface area contributed by atoms with E-state index in [0.717, 1.165) is 16.8 Å². The molecule has 0 aliphatic carbocycles. The van der Waals surface area contributed by atoms with E-state index in [1.807, 2.05) is 36.4 Å². The molecule has 0 aliphatic rings. The largest absolute Gasteiger partial charge is 0.399 e. The second-order valence-corrected chi connectivity index (χ2v) is 4.04. The van der Waals surface area contributed by atoms with Gasteiger partial charge in [0.15, 0.2) is 0 Å². The second-order valence-electron chi connectivity index (χ2n) is 4.04. The van der Waals surface area contributed by atoms with Gasteiger partial charge in [0.05, 0.1) is 5.92 Å². The highest BCUT2D eigenvalue weighted by molar-refractivity contribution is 5.85. The fraction of sp³-hybridized carbons (Fsp3) is 0.0667. The van der Waals surface area contributed by atoms with Gasteiger partial charge in [0.2, 0.25) is 0 Å². The van der Waals surface area contributed by atoms with E-state index in [4.69, 9.17) is 5.73 Å². The monoisotopic (exact) mass is 239 g/mol. The van der Waals surface area contributed by atoms with Gasteiger partial charge in [-0.15, -0.1) is 0 Å². The Hall–Kier alpha value is -2.42. The minimum atomic E-state index is -0.675. The van der Waals surface area contributed by atoms with E-state index >= 15 is 0 Å². The summed E-state index contributed by atoms with van der Waals surface area (Å²) in [5, 5.41) is 0. The van der Waals surface area contributed by atoms with Crippen LogP contribution in [-0.2, 0) is 9.59 Å². The zero-order valence-corrected chi connectivity index (χ0v) is 9.74. The molecule has 0 saturated heterocycles. The van der Waals surface area contributed by atoms with Gasteiger partial charge in [-0.05, 0) is 28.8 Å². The predicted octanol–water partition coefficient (Wildman–Crippen LogP) is 2.42. The van der Waals surface area contributed by atoms with Gasteiger partial charge in [-0.25, -0.2) is 0 Å². The Morgan fingerprint density at radius 2 is 1.22 bits per heavy atom. The summed E-state index contributed by atoms with van der Waals surface area (Å²) < 4.78 is 0. The lowest BCUT2D eigenvalue weighted by atomic mass is 9.98. The number of aldehydes is 2. The number of hydrogen-bond donors (Lipinski definition) is 1. The molecule has 0 bridgehead atoms. The normalized spacial score (nSPS) is 10.3. The summed E-state index contributed by atoms with van der Waals surface area (Å²) in [7, 11) is 0. The third kappa shape index (κ3) is 2.46. The van der Waals surface area contributed by atoms with Crippen molar-refractivity contribution in [3.63, 3.8) is 0 Å². The number of carbonyl (C=O) groups excluding carboxylic acids is 2. The molecule has 2 N–H and O–H groups in total. The number of rotatable bonds is 4. The number of hydrogen-bond acceptors (Lipinski definition) is 3. The van der Waals surface area contributed by atoms with Gasteiger partial charge in [-0.2, -0.15) is 0 Å². The first-order valence-corrected chi connectivity index (χ1v) is 5.61. The van der Waals surface area contributed by atoms with Crippen LogP contribution in [0.2, 0.25) is 0 Å². The Labute approximate surface area is 105 Å². The average molecular weight is 239 g/mol. The Kier molecular flexibility index (Phi) is 3.53. The topological polar surface area (TPSA) is 60.2 Å². The van der Waals surface area contributed by atoms with Gasteiger partial charge in [-0.1, -0.05) is 36.4 Å². The van der Waals surface area contributed by atoms with Gasteiger partial charge >= 0.3 is 0 Å². The van der Waals surface area contributed by atoms with Crippen LogP contribution in [0, 0.1) is 0 Å². The zero-order chi connectivity index (χ0) is 13.0. The third-order valence-electron chi connectivity index (χ3n) is 2.83. The van der Waals surface area contributed by atoms with Gasteiger partial charge in [0, 0.05) is 5.69 Å². The van der Waals surface area contributed by atoms with E-state index in [1.165, 1.54) is 0 Å². The van der Waals surface area contributed by atoms with Crippen molar-refractivity contribution < 1.29 is 9.59 Å². The lowest BCUT2D eigenvalue weighted by Crippen LogP contribution is -2.00. The number of carbonyl (C=O) groups is 2. The molecule has 0 atom stereocenters. The number of benzene rings is 2. The SMILES string of the molecule is Nc1ccc(-c2ccc(C(C=O)C=O)cc2)cc1. The van der Waals surface area contributed by atoms with Crippen LogP contribution in [0.1, 0.15) is 11.5 Å². The highest BCUT2D eigenvalue weighted by atomic mass is 16.1. The quantitative estimate of drug-likeness (QED) is 0.506. The van der Waals surface area contributed by atoms with Crippen LogP contribution in [0.4, 0.5) is 5.69 Å². The predicted molar refractivity (Wildman–Crippen MR) is 71.2 cm³/mol. The van der Waals surface area contributed by atoms with Gasteiger partial charge in [-0.3, -0.25) is 0 Å². The molecule has 0 unspecified atom stereocenters. The van der Waals surface area contributed by atoms with Crippen molar-refractivity contribution in [2.75, 3.05) is 5.73 Å². The molecule has 0 fully saturated rings. The fourth-order valence-electron chi connectivity index (χ4n) is 1.76. The highest BCUT2D eigenvalue weighted by Crippen LogP contribution is 2.22. The van der Waals surface area contributed by atoms with Crippen LogP contribution in [0.25, 0.3) is 11.1 Å². The van der Waals surface area contributed by atoms with Crippen molar-refractivity contribution in [3.8, 4) is 11.1 Å². The molecule has 0 heterocycles. The molecule has 2 rings (SSSR count). The van der Waals surface area contributed by atoms with E-state index < -0.39 is 5.92 Å². The van der Waals surface area contributed by atoms with E-state index in [0.29, 0.717) is 18.1 Å². The lowest BCUT2D eigenvalue weighted by molar-refractivity contribution is -0.116. The zero-order valence-electron chi connectivity index (χ0n) is 9.74. The summed E-state index contributed by atoms with van der Waals surface area (Å²) in [5.41, 5.74) is 9.12. The van der Waals surface area contributed by atoms with Crippen LogP contribution in [-0.4, -0.2) is 12.6 Å². The van der Waals surface area contributed by atoms with Crippen molar-refractivity contribution in [3.05, 3.63) is 54.1 Å². The molecule has 0 radical (unpaired) electrons. The molecule has 0 amide bonds. The van der Waals surface area contributed by atoms with Crippen molar-refractivity contribution in [1.29, 1.82) is 0 Å². The van der Waals surface area contributed by atoms with Crippen LogP contribution < -0.4 is 5.73 Å². The summed E-state index contributed by atoms with van der Waals surface area (Å²) in [6.45, 7) is 0. The van der Waals surface area contributed by atoms with E-state index in [9.17, 15) is 9.59 Å². The maximum atomic E-state index is 10.7. The summed E-state index contributed by atoms with van der Waals surface area (Å²) >= 11 is 0. The Morgan fingerprint density at radius 3 is 1.67 bits per heavy atom. The van der Waals surface area contributed by atoms with Crippen molar-refractivity contribution >= 4 is 18.3 Å². The molecule has 0 spiro atoms. The smallest absolute Gasteiger partial charge is 0.134 e. The van der Waals surface area contributed by atoms with Gasteiger partial charge in [0.25, 0.3) is 0 Å². The van der Waals surface area contributed by atoms with E-state index in [-0.39, 0.29) is 0 Å². The average Bonchev–Trinajstić information content (AvgIpc) is 2.42. The van der Waals surface area contributed by atoms with Gasteiger partial charge < -0.3 is 15.3 Å². The maximum Gasteiger partial charge on any atom is 0.134 e. The molecule has 2 aromatic carbocycles. The minimum Gasteiger partial charge on any atom is -0.399 e. The van der Waals surface area contributed by atoms with Crippen molar-refractivity contribution in [2.24, 2.45) is 0 Å². The van der Waals surface area contributed by atoms with E-state index in [1.54, 1.807) is 12.1 Å². The number of nitrogens with two attached hydrogens (primary N) is 1. The summed E-state index contributed by atoms with van der Waals surface area (Å²) in [6, 6.07) is 14.9. The maximum absolute atomic E-state index is 10.7. The molecule has 0 aliphatic heterocycles. The second kappa shape index (κ2) is 5.27. The summed E-state index contributed by atoms with van der Waals surface area (Å²) in [5.74, 6) is -0.675.